The van der Waals surface area contributed by atoms with Crippen molar-refractivity contribution in [1.82, 2.24) is 0 Å². The van der Waals surface area contributed by atoms with Gasteiger partial charge in [0.05, 0.1) is 6.07 Å². The maximum Gasteiger partial charge on any atom is 0.0915 e. The van der Waals surface area contributed by atoms with E-state index in [9.17, 15) is 0 Å². The summed E-state index contributed by atoms with van der Waals surface area (Å²) >= 11 is 0. The number of hydrogen-bond acceptors (Lipinski definition) is 2. The Bertz CT molecular complexity index is 359. The van der Waals surface area contributed by atoms with Crippen LogP contribution >= 0.6 is 0 Å². The Labute approximate surface area is 78.3 Å². The lowest BCUT2D eigenvalue weighted by atomic mass is 10.0. The van der Waals surface area contributed by atoms with Crippen molar-refractivity contribution in [3.05, 3.63) is 35.9 Å². The molecular weight excluding hydrogens is 160 g/mol. The van der Waals surface area contributed by atoms with E-state index in [1.807, 2.05) is 37.3 Å². The Hall–Kier alpha value is -1.75. The molecule has 0 fully saturated rings. The van der Waals surface area contributed by atoms with Gasteiger partial charge < -0.3 is 5.73 Å². The van der Waals surface area contributed by atoms with Crippen LogP contribution in [0.25, 0.3) is 5.57 Å². The van der Waals surface area contributed by atoms with Crippen LogP contribution in [0.3, 0.4) is 0 Å². The summed E-state index contributed by atoms with van der Waals surface area (Å²) in [6.45, 7) is 2.01. The highest BCUT2D eigenvalue weighted by Gasteiger charge is 2.01. The van der Waals surface area contributed by atoms with Gasteiger partial charge in [0.15, 0.2) is 0 Å². The molecule has 0 aromatic heterocycles. The lowest BCUT2D eigenvalue weighted by molar-refractivity contribution is 1.24. The van der Waals surface area contributed by atoms with Gasteiger partial charge in [0, 0.05) is 17.3 Å². The molecule has 0 bridgehead atoms. The van der Waals surface area contributed by atoms with Gasteiger partial charge in [-0.3, -0.25) is 0 Å². The Morgan fingerprint density at radius 3 is 2.77 bits per heavy atom. The van der Waals surface area contributed by atoms with Gasteiger partial charge in [0.25, 0.3) is 0 Å². The van der Waals surface area contributed by atoms with Crippen LogP contribution in [0.1, 0.15) is 18.9 Å². The highest BCUT2D eigenvalue weighted by atomic mass is 14.6. The lowest BCUT2D eigenvalue weighted by Gasteiger charge is -2.05. The molecule has 0 heterocycles. The van der Waals surface area contributed by atoms with E-state index in [2.05, 4.69) is 0 Å². The Kier molecular flexibility index (Phi) is 3.10. The van der Waals surface area contributed by atoms with Gasteiger partial charge in [-0.1, -0.05) is 25.1 Å². The zero-order valence-electron chi connectivity index (χ0n) is 7.62. The first-order valence-corrected chi connectivity index (χ1v) is 4.23. The molecule has 0 saturated carbocycles. The summed E-state index contributed by atoms with van der Waals surface area (Å²) in [5, 5.41) is 8.55. The van der Waals surface area contributed by atoms with E-state index in [0.29, 0.717) is 0 Å². The fourth-order valence-corrected chi connectivity index (χ4v) is 1.24. The second kappa shape index (κ2) is 4.32. The van der Waals surface area contributed by atoms with E-state index in [-0.39, 0.29) is 0 Å². The molecule has 2 heteroatoms. The van der Waals surface area contributed by atoms with E-state index in [1.54, 1.807) is 6.08 Å². The highest BCUT2D eigenvalue weighted by molar-refractivity contribution is 5.76. The van der Waals surface area contributed by atoms with Crippen molar-refractivity contribution in [3.8, 4) is 6.07 Å². The van der Waals surface area contributed by atoms with Gasteiger partial charge in [-0.05, 0) is 18.1 Å². The second-order valence-corrected chi connectivity index (χ2v) is 2.74. The molecule has 1 aromatic carbocycles. The molecule has 0 atom stereocenters. The van der Waals surface area contributed by atoms with E-state index < -0.39 is 0 Å². The first kappa shape index (κ1) is 9.34. The summed E-state index contributed by atoms with van der Waals surface area (Å²) in [5.41, 5.74) is 8.46. The van der Waals surface area contributed by atoms with Gasteiger partial charge >= 0.3 is 0 Å². The minimum absolute atomic E-state index is 0.728. The molecule has 2 nitrogen and oxygen atoms in total. The standard InChI is InChI=1S/C11H12N2/c1-2-9(7-8-12)10-5-3-4-6-11(10)13/h3-7H,2,13H2,1H3/b9-7+. The predicted molar refractivity (Wildman–Crippen MR) is 54.7 cm³/mol. The molecule has 0 radical (unpaired) electrons. The summed E-state index contributed by atoms with van der Waals surface area (Å²) in [6, 6.07) is 9.61. The van der Waals surface area contributed by atoms with E-state index in [0.717, 1.165) is 23.2 Å². The number of nitrogens with zero attached hydrogens (tertiary/aromatic N) is 1. The molecule has 0 unspecified atom stereocenters. The fourth-order valence-electron chi connectivity index (χ4n) is 1.24. The number of rotatable bonds is 2. The maximum atomic E-state index is 8.55. The van der Waals surface area contributed by atoms with E-state index >= 15 is 0 Å². The third-order valence-electron chi connectivity index (χ3n) is 1.93. The summed E-state index contributed by atoms with van der Waals surface area (Å²) in [7, 11) is 0. The first-order chi connectivity index (χ1) is 6.29. The summed E-state index contributed by atoms with van der Waals surface area (Å²) < 4.78 is 0. The van der Waals surface area contributed by atoms with Crippen molar-refractivity contribution < 1.29 is 0 Å². The van der Waals surface area contributed by atoms with Gasteiger partial charge in [-0.2, -0.15) is 5.26 Å². The third-order valence-corrected chi connectivity index (χ3v) is 1.93. The average Bonchev–Trinajstić information content (AvgIpc) is 2.16. The Morgan fingerprint density at radius 2 is 2.23 bits per heavy atom. The number of para-hydroxylation sites is 1. The molecule has 0 aliphatic rings. The number of nitrogen functional groups attached to an aromatic ring is 1. The SMILES string of the molecule is CC/C(=C\C#N)c1ccccc1N. The van der Waals surface area contributed by atoms with Gasteiger partial charge in [-0.15, -0.1) is 0 Å². The molecule has 0 saturated heterocycles. The first-order valence-electron chi connectivity index (χ1n) is 4.23. The molecule has 1 aromatic rings. The molecule has 13 heavy (non-hydrogen) atoms. The number of nitrogens with two attached hydrogens (primary N) is 1. The molecule has 2 N–H and O–H groups in total. The van der Waals surface area contributed by atoms with Crippen molar-refractivity contribution in [2.24, 2.45) is 0 Å². The van der Waals surface area contributed by atoms with Crippen molar-refractivity contribution in [3.63, 3.8) is 0 Å². The topological polar surface area (TPSA) is 49.8 Å². The van der Waals surface area contributed by atoms with E-state index in [4.69, 9.17) is 11.0 Å². The highest BCUT2D eigenvalue weighted by Crippen LogP contribution is 2.23. The molecule has 66 valence electrons. The van der Waals surface area contributed by atoms with Gasteiger partial charge in [-0.25, -0.2) is 0 Å². The zero-order valence-corrected chi connectivity index (χ0v) is 7.62. The van der Waals surface area contributed by atoms with Crippen LogP contribution in [0, 0.1) is 11.3 Å². The number of benzene rings is 1. The van der Waals surface area contributed by atoms with Gasteiger partial charge in [0.2, 0.25) is 0 Å². The molecule has 1 rings (SSSR count). The number of nitriles is 1. The van der Waals surface area contributed by atoms with Crippen LogP contribution in [0.5, 0.6) is 0 Å². The average molecular weight is 172 g/mol. The molecule has 0 spiro atoms. The quantitative estimate of drug-likeness (QED) is 0.550. The zero-order chi connectivity index (χ0) is 9.68. The number of anilines is 1. The molecule has 0 aliphatic heterocycles. The summed E-state index contributed by atoms with van der Waals surface area (Å²) in [4.78, 5) is 0. The van der Waals surface area contributed by atoms with E-state index in [1.165, 1.54) is 0 Å². The largest absolute Gasteiger partial charge is 0.398 e. The Morgan fingerprint density at radius 1 is 1.54 bits per heavy atom. The van der Waals surface area contributed by atoms with Crippen LogP contribution in [-0.2, 0) is 0 Å². The third kappa shape index (κ3) is 2.09. The minimum Gasteiger partial charge on any atom is -0.398 e. The van der Waals surface area contributed by atoms with Crippen LogP contribution in [0.2, 0.25) is 0 Å². The van der Waals surface area contributed by atoms with Gasteiger partial charge in [0.1, 0.15) is 0 Å². The van der Waals surface area contributed by atoms with Crippen molar-refractivity contribution in [2.45, 2.75) is 13.3 Å². The Balaban J connectivity index is 3.14. The number of hydrogen-bond donors (Lipinski definition) is 1. The van der Waals surface area contributed by atoms with Crippen molar-refractivity contribution in [1.29, 1.82) is 5.26 Å². The van der Waals surface area contributed by atoms with Crippen LogP contribution in [-0.4, -0.2) is 0 Å². The summed E-state index contributed by atoms with van der Waals surface area (Å²) in [6.07, 6.45) is 2.37. The lowest BCUT2D eigenvalue weighted by Crippen LogP contribution is -1.92. The second-order valence-electron chi connectivity index (χ2n) is 2.74. The predicted octanol–water partition coefficient (Wildman–Crippen LogP) is 2.59. The minimum atomic E-state index is 0.728. The molecular formula is C11H12N2. The van der Waals surface area contributed by atoms with Crippen molar-refractivity contribution in [2.75, 3.05) is 5.73 Å². The number of allylic oxidation sites excluding steroid dienone is 2. The molecule has 0 aliphatic carbocycles. The van der Waals surface area contributed by atoms with Crippen LogP contribution in [0.15, 0.2) is 30.3 Å². The monoisotopic (exact) mass is 172 g/mol. The van der Waals surface area contributed by atoms with Crippen LogP contribution < -0.4 is 5.73 Å². The molecule has 0 amide bonds. The van der Waals surface area contributed by atoms with Crippen molar-refractivity contribution >= 4 is 11.3 Å². The smallest absolute Gasteiger partial charge is 0.0915 e. The fraction of sp³-hybridized carbons (Fsp3) is 0.182. The van der Waals surface area contributed by atoms with Crippen LogP contribution in [0.4, 0.5) is 5.69 Å². The maximum absolute atomic E-state index is 8.55. The normalized spacial score (nSPS) is 10.9. The summed E-state index contributed by atoms with van der Waals surface area (Å²) in [5.74, 6) is 0.